The smallest absolute Gasteiger partial charge is 0.252 e. The van der Waals surface area contributed by atoms with Gasteiger partial charge >= 0.3 is 0 Å². The summed E-state index contributed by atoms with van der Waals surface area (Å²) in [6.45, 7) is 3.71. The molecule has 1 aromatic carbocycles. The molecule has 0 heterocycles. The highest BCUT2D eigenvalue weighted by atomic mass is 35.5. The monoisotopic (exact) mass is 253 g/mol. The van der Waals surface area contributed by atoms with Crippen LogP contribution in [0.4, 0.5) is 0 Å². The van der Waals surface area contributed by atoms with Gasteiger partial charge in [0.15, 0.2) is 0 Å². The maximum atomic E-state index is 12.0. The third-order valence-corrected chi connectivity index (χ3v) is 2.99. The molecule has 0 saturated carbocycles. The Morgan fingerprint density at radius 2 is 1.59 bits per heavy atom. The van der Waals surface area contributed by atoms with E-state index in [1.54, 1.807) is 43.3 Å². The fraction of sp³-hybridized carbons (Fsp3) is 0.385. The molecule has 92 valence electrons. The predicted octanol–water partition coefficient (Wildman–Crippen LogP) is 2.43. The Bertz CT molecular complexity index is 435. The van der Waals surface area contributed by atoms with Crippen molar-refractivity contribution in [2.24, 2.45) is 0 Å². The molecule has 0 bridgehead atoms. The van der Waals surface area contributed by atoms with Crippen molar-refractivity contribution in [1.82, 2.24) is 4.90 Å². The zero-order chi connectivity index (χ0) is 13.2. The molecular weight excluding hydrogens is 238 g/mol. The average Bonchev–Trinajstić information content (AvgIpc) is 2.27. The van der Waals surface area contributed by atoms with E-state index < -0.39 is 10.7 Å². The van der Waals surface area contributed by atoms with Crippen LogP contribution >= 0.6 is 11.6 Å². The van der Waals surface area contributed by atoms with Crippen molar-refractivity contribution in [2.75, 3.05) is 14.1 Å². The molecule has 0 N–H and O–H groups in total. The van der Waals surface area contributed by atoms with Crippen LogP contribution in [0.15, 0.2) is 24.3 Å². The highest BCUT2D eigenvalue weighted by Gasteiger charge is 2.31. The van der Waals surface area contributed by atoms with Crippen LogP contribution in [0.5, 0.6) is 0 Å². The van der Waals surface area contributed by atoms with E-state index in [0.717, 1.165) is 5.56 Å². The van der Waals surface area contributed by atoms with Crippen molar-refractivity contribution < 1.29 is 9.59 Å². The zero-order valence-electron chi connectivity index (χ0n) is 10.5. The van der Waals surface area contributed by atoms with E-state index in [0.29, 0.717) is 5.56 Å². The highest BCUT2D eigenvalue weighted by molar-refractivity contribution is 6.67. The van der Waals surface area contributed by atoms with Gasteiger partial charge in [0, 0.05) is 19.7 Å². The topological polar surface area (TPSA) is 37.4 Å². The van der Waals surface area contributed by atoms with Gasteiger partial charge in [0.1, 0.15) is 0 Å². The van der Waals surface area contributed by atoms with Gasteiger partial charge in [-0.1, -0.05) is 12.1 Å². The fourth-order valence-corrected chi connectivity index (χ4v) is 1.83. The van der Waals surface area contributed by atoms with Crippen molar-refractivity contribution in [1.29, 1.82) is 0 Å². The Morgan fingerprint density at radius 1 is 1.12 bits per heavy atom. The second-order valence-electron chi connectivity index (χ2n) is 4.68. The predicted molar refractivity (Wildman–Crippen MR) is 68.3 cm³/mol. The number of amides is 1. The van der Waals surface area contributed by atoms with E-state index in [9.17, 15) is 9.59 Å². The van der Waals surface area contributed by atoms with Crippen molar-refractivity contribution in [3.63, 3.8) is 0 Å². The number of hydrogen-bond donors (Lipinski definition) is 0. The largest absolute Gasteiger partial charge is 0.348 e. The standard InChI is InChI=1S/C13H16ClNO2/c1-13(2,12(17)15(3)4)10-7-5-9(6-8-10)11(14)16/h5-8H,1-4H3. The summed E-state index contributed by atoms with van der Waals surface area (Å²) in [7, 11) is 3.45. The van der Waals surface area contributed by atoms with Gasteiger partial charge in [-0.3, -0.25) is 9.59 Å². The Labute approximate surface area is 106 Å². The third kappa shape index (κ3) is 2.86. The molecule has 0 aromatic heterocycles. The van der Waals surface area contributed by atoms with E-state index in [2.05, 4.69) is 0 Å². The lowest BCUT2D eigenvalue weighted by Gasteiger charge is -2.27. The molecule has 0 aliphatic heterocycles. The van der Waals surface area contributed by atoms with Gasteiger partial charge in [-0.15, -0.1) is 0 Å². The van der Waals surface area contributed by atoms with Crippen LogP contribution in [0.3, 0.4) is 0 Å². The summed E-state index contributed by atoms with van der Waals surface area (Å²) in [6, 6.07) is 6.79. The Kier molecular flexibility index (Phi) is 3.94. The molecule has 0 spiro atoms. The summed E-state index contributed by atoms with van der Waals surface area (Å²) in [5.74, 6) is 0.0162. The first-order valence-corrected chi connectivity index (χ1v) is 5.66. The first-order chi connectivity index (χ1) is 7.76. The molecule has 0 unspecified atom stereocenters. The number of nitrogens with zero attached hydrogens (tertiary/aromatic N) is 1. The number of halogens is 1. The van der Waals surface area contributed by atoms with Crippen molar-refractivity contribution in [3.05, 3.63) is 35.4 Å². The Balaban J connectivity index is 3.08. The van der Waals surface area contributed by atoms with Crippen LogP contribution in [0.2, 0.25) is 0 Å². The number of benzene rings is 1. The first-order valence-electron chi connectivity index (χ1n) is 5.29. The van der Waals surface area contributed by atoms with E-state index in [-0.39, 0.29) is 5.91 Å². The first kappa shape index (κ1) is 13.7. The van der Waals surface area contributed by atoms with Crippen LogP contribution in [-0.4, -0.2) is 30.1 Å². The minimum atomic E-state index is -0.614. The second kappa shape index (κ2) is 4.88. The summed E-state index contributed by atoms with van der Waals surface area (Å²) >= 11 is 5.37. The Morgan fingerprint density at radius 3 is 1.94 bits per heavy atom. The number of carbonyl (C=O) groups excluding carboxylic acids is 2. The summed E-state index contributed by atoms with van der Waals surface area (Å²) in [4.78, 5) is 24.5. The number of hydrogen-bond acceptors (Lipinski definition) is 2. The lowest BCUT2D eigenvalue weighted by molar-refractivity contribution is -0.133. The van der Waals surface area contributed by atoms with E-state index in [1.807, 2.05) is 13.8 Å². The molecule has 0 radical (unpaired) electrons. The van der Waals surface area contributed by atoms with E-state index in [4.69, 9.17) is 11.6 Å². The molecule has 0 fully saturated rings. The maximum Gasteiger partial charge on any atom is 0.252 e. The third-order valence-electron chi connectivity index (χ3n) is 2.77. The summed E-state index contributed by atoms with van der Waals surface area (Å²) in [5, 5.41) is -0.492. The minimum absolute atomic E-state index is 0.0162. The molecule has 4 heteroatoms. The second-order valence-corrected chi connectivity index (χ2v) is 5.02. The summed E-state index contributed by atoms with van der Waals surface area (Å²) in [5.41, 5.74) is 0.679. The molecule has 0 aliphatic rings. The molecule has 17 heavy (non-hydrogen) atoms. The Hall–Kier alpha value is -1.35. The SMILES string of the molecule is CN(C)C(=O)C(C)(C)c1ccc(C(=O)Cl)cc1. The van der Waals surface area contributed by atoms with Crippen molar-refractivity contribution in [3.8, 4) is 0 Å². The lowest BCUT2D eigenvalue weighted by Crippen LogP contribution is -2.39. The van der Waals surface area contributed by atoms with Gasteiger partial charge in [-0.25, -0.2) is 0 Å². The summed E-state index contributed by atoms with van der Waals surface area (Å²) in [6.07, 6.45) is 0. The molecule has 0 atom stereocenters. The van der Waals surface area contributed by atoms with Crippen LogP contribution in [0.1, 0.15) is 29.8 Å². The number of likely N-dealkylation sites (N-methyl/N-ethyl adjacent to an activating group) is 1. The van der Waals surface area contributed by atoms with E-state index >= 15 is 0 Å². The van der Waals surface area contributed by atoms with Gasteiger partial charge in [0.05, 0.1) is 5.41 Å². The lowest BCUT2D eigenvalue weighted by atomic mass is 9.83. The summed E-state index contributed by atoms with van der Waals surface area (Å²) < 4.78 is 0. The van der Waals surface area contributed by atoms with Crippen molar-refractivity contribution >= 4 is 22.8 Å². The average molecular weight is 254 g/mol. The minimum Gasteiger partial charge on any atom is -0.348 e. The number of carbonyl (C=O) groups is 2. The van der Waals surface area contributed by atoms with E-state index in [1.165, 1.54) is 0 Å². The molecule has 0 aliphatic carbocycles. The molecule has 1 aromatic rings. The molecule has 0 saturated heterocycles. The van der Waals surface area contributed by atoms with Gasteiger partial charge in [0.25, 0.3) is 5.24 Å². The highest BCUT2D eigenvalue weighted by Crippen LogP contribution is 2.25. The normalized spacial score (nSPS) is 11.1. The molecular formula is C13H16ClNO2. The van der Waals surface area contributed by atoms with Crippen molar-refractivity contribution in [2.45, 2.75) is 19.3 Å². The van der Waals surface area contributed by atoms with Gasteiger partial charge < -0.3 is 4.90 Å². The quantitative estimate of drug-likeness (QED) is 0.776. The van der Waals surface area contributed by atoms with Gasteiger partial charge in [0.2, 0.25) is 5.91 Å². The van der Waals surface area contributed by atoms with Crippen LogP contribution < -0.4 is 0 Å². The molecule has 3 nitrogen and oxygen atoms in total. The zero-order valence-corrected chi connectivity index (χ0v) is 11.2. The van der Waals surface area contributed by atoms with Gasteiger partial charge in [-0.2, -0.15) is 0 Å². The molecule has 1 amide bonds. The maximum absolute atomic E-state index is 12.0. The van der Waals surface area contributed by atoms with Crippen LogP contribution in [0.25, 0.3) is 0 Å². The van der Waals surface area contributed by atoms with Crippen LogP contribution in [-0.2, 0) is 10.2 Å². The fourth-order valence-electron chi connectivity index (χ4n) is 1.70. The van der Waals surface area contributed by atoms with Gasteiger partial charge in [-0.05, 0) is 43.1 Å². The number of rotatable bonds is 3. The molecule has 1 rings (SSSR count). The van der Waals surface area contributed by atoms with Crippen LogP contribution in [0, 0.1) is 0 Å².